The largest absolute Gasteiger partial charge is 0.464 e. The SMILES string of the molecule is CCNC(C)c1cnc(N(C)Cc2ccc(C)o2)s1. The molecule has 2 heterocycles. The molecule has 0 aromatic carbocycles. The monoisotopic (exact) mass is 279 g/mol. The third-order valence-electron chi connectivity index (χ3n) is 2.96. The normalized spacial score (nSPS) is 12.6. The lowest BCUT2D eigenvalue weighted by molar-refractivity contribution is 0.481. The minimum Gasteiger partial charge on any atom is -0.464 e. The first-order valence-electron chi connectivity index (χ1n) is 6.55. The number of furan rings is 1. The summed E-state index contributed by atoms with van der Waals surface area (Å²) in [5.41, 5.74) is 0. The van der Waals surface area contributed by atoms with Crippen LogP contribution in [0.25, 0.3) is 0 Å². The molecule has 1 N–H and O–H groups in total. The van der Waals surface area contributed by atoms with Crippen molar-refractivity contribution in [2.45, 2.75) is 33.4 Å². The van der Waals surface area contributed by atoms with Crippen LogP contribution in [0.3, 0.4) is 0 Å². The third kappa shape index (κ3) is 3.58. The van der Waals surface area contributed by atoms with E-state index in [1.54, 1.807) is 11.3 Å². The fraction of sp³-hybridized carbons (Fsp3) is 0.500. The Morgan fingerprint density at radius 2 is 2.26 bits per heavy atom. The summed E-state index contributed by atoms with van der Waals surface area (Å²) in [6, 6.07) is 4.36. The van der Waals surface area contributed by atoms with Crippen molar-refractivity contribution >= 4 is 16.5 Å². The molecule has 0 spiro atoms. The Kier molecular flexibility index (Phi) is 4.61. The molecule has 1 unspecified atom stereocenters. The second-order valence-corrected chi connectivity index (χ2v) is 5.73. The van der Waals surface area contributed by atoms with Gasteiger partial charge in [-0.15, -0.1) is 11.3 Å². The number of anilines is 1. The van der Waals surface area contributed by atoms with E-state index < -0.39 is 0 Å². The Bertz CT molecular complexity index is 520. The maximum Gasteiger partial charge on any atom is 0.185 e. The van der Waals surface area contributed by atoms with Crippen molar-refractivity contribution in [1.29, 1.82) is 0 Å². The molecule has 5 heteroatoms. The zero-order valence-electron chi connectivity index (χ0n) is 11.9. The third-order valence-corrected chi connectivity index (χ3v) is 4.26. The van der Waals surface area contributed by atoms with E-state index in [2.05, 4.69) is 29.0 Å². The molecule has 0 saturated carbocycles. The van der Waals surface area contributed by atoms with Gasteiger partial charge in [-0.05, 0) is 32.5 Å². The van der Waals surface area contributed by atoms with Crippen LogP contribution in [0.5, 0.6) is 0 Å². The summed E-state index contributed by atoms with van der Waals surface area (Å²) >= 11 is 1.73. The molecule has 2 aromatic rings. The lowest BCUT2D eigenvalue weighted by Crippen LogP contribution is -2.16. The van der Waals surface area contributed by atoms with Gasteiger partial charge in [-0.3, -0.25) is 0 Å². The molecule has 0 saturated heterocycles. The lowest BCUT2D eigenvalue weighted by atomic mass is 10.3. The molecule has 0 aliphatic heterocycles. The summed E-state index contributed by atoms with van der Waals surface area (Å²) in [6.45, 7) is 7.95. The zero-order valence-corrected chi connectivity index (χ0v) is 12.8. The number of nitrogens with one attached hydrogen (secondary N) is 1. The predicted molar refractivity (Wildman–Crippen MR) is 79.8 cm³/mol. The van der Waals surface area contributed by atoms with E-state index in [1.165, 1.54) is 4.88 Å². The highest BCUT2D eigenvalue weighted by Gasteiger charge is 2.12. The van der Waals surface area contributed by atoms with E-state index in [4.69, 9.17) is 4.42 Å². The van der Waals surface area contributed by atoms with Gasteiger partial charge in [0.05, 0.1) is 6.54 Å². The van der Waals surface area contributed by atoms with Crippen molar-refractivity contribution in [3.63, 3.8) is 0 Å². The van der Waals surface area contributed by atoms with Crippen molar-refractivity contribution in [3.8, 4) is 0 Å². The maximum atomic E-state index is 5.59. The van der Waals surface area contributed by atoms with E-state index in [9.17, 15) is 0 Å². The Labute approximate surface area is 118 Å². The number of hydrogen-bond donors (Lipinski definition) is 1. The fourth-order valence-corrected chi connectivity index (χ4v) is 2.83. The van der Waals surface area contributed by atoms with Gasteiger partial charge in [0.1, 0.15) is 11.5 Å². The number of thiazole rings is 1. The van der Waals surface area contributed by atoms with E-state index in [0.717, 1.165) is 29.7 Å². The smallest absolute Gasteiger partial charge is 0.185 e. The van der Waals surface area contributed by atoms with Crippen LogP contribution in [-0.4, -0.2) is 18.6 Å². The summed E-state index contributed by atoms with van der Waals surface area (Å²) in [6.07, 6.45) is 1.96. The maximum absolute atomic E-state index is 5.59. The van der Waals surface area contributed by atoms with Crippen molar-refractivity contribution in [1.82, 2.24) is 10.3 Å². The van der Waals surface area contributed by atoms with Gasteiger partial charge in [-0.1, -0.05) is 6.92 Å². The summed E-state index contributed by atoms with van der Waals surface area (Å²) in [5.74, 6) is 1.92. The summed E-state index contributed by atoms with van der Waals surface area (Å²) in [4.78, 5) is 7.86. The van der Waals surface area contributed by atoms with Gasteiger partial charge in [-0.25, -0.2) is 4.98 Å². The summed E-state index contributed by atoms with van der Waals surface area (Å²) in [7, 11) is 2.04. The predicted octanol–water partition coefficient (Wildman–Crippen LogP) is 3.35. The molecule has 2 rings (SSSR count). The molecule has 1 atom stereocenters. The number of nitrogens with zero attached hydrogens (tertiary/aromatic N) is 2. The minimum atomic E-state index is 0.357. The Hall–Kier alpha value is -1.33. The first-order valence-corrected chi connectivity index (χ1v) is 7.37. The molecule has 0 fully saturated rings. The van der Waals surface area contributed by atoms with Gasteiger partial charge in [-0.2, -0.15) is 0 Å². The molecule has 2 aromatic heterocycles. The summed E-state index contributed by atoms with van der Waals surface area (Å²) < 4.78 is 5.59. The minimum absolute atomic E-state index is 0.357. The average molecular weight is 279 g/mol. The second-order valence-electron chi connectivity index (χ2n) is 4.69. The molecule has 19 heavy (non-hydrogen) atoms. The quantitative estimate of drug-likeness (QED) is 0.880. The van der Waals surface area contributed by atoms with Crippen molar-refractivity contribution < 1.29 is 4.42 Å². The van der Waals surface area contributed by atoms with Gasteiger partial charge >= 0.3 is 0 Å². The number of aromatic nitrogens is 1. The van der Waals surface area contributed by atoms with Crippen LogP contribution >= 0.6 is 11.3 Å². The first kappa shape index (κ1) is 14.1. The highest BCUT2D eigenvalue weighted by atomic mass is 32.1. The van der Waals surface area contributed by atoms with Crippen LogP contribution in [0, 0.1) is 6.92 Å². The highest BCUT2D eigenvalue weighted by molar-refractivity contribution is 7.15. The van der Waals surface area contributed by atoms with Gasteiger partial charge in [0.15, 0.2) is 5.13 Å². The summed E-state index contributed by atoms with van der Waals surface area (Å²) in [5, 5.41) is 4.42. The van der Waals surface area contributed by atoms with Crippen LogP contribution < -0.4 is 10.2 Å². The van der Waals surface area contributed by atoms with Gasteiger partial charge < -0.3 is 14.6 Å². The van der Waals surface area contributed by atoms with E-state index in [-0.39, 0.29) is 0 Å². The van der Waals surface area contributed by atoms with Crippen molar-refractivity contribution in [2.75, 3.05) is 18.5 Å². The van der Waals surface area contributed by atoms with Crippen molar-refractivity contribution in [3.05, 3.63) is 34.7 Å². The van der Waals surface area contributed by atoms with E-state index in [1.807, 2.05) is 32.3 Å². The highest BCUT2D eigenvalue weighted by Crippen LogP contribution is 2.27. The Balaban J connectivity index is 2.01. The standard InChI is InChI=1S/C14H21N3OS/c1-5-15-11(3)13-8-16-14(19-13)17(4)9-12-7-6-10(2)18-12/h6-8,11,15H,5,9H2,1-4H3. The van der Waals surface area contributed by atoms with Crippen LogP contribution in [0.1, 0.15) is 36.3 Å². The fourth-order valence-electron chi connectivity index (χ4n) is 1.93. The Morgan fingerprint density at radius 1 is 1.47 bits per heavy atom. The molecule has 0 aliphatic rings. The van der Waals surface area contributed by atoms with E-state index in [0.29, 0.717) is 6.04 Å². The zero-order chi connectivity index (χ0) is 13.8. The number of hydrogen-bond acceptors (Lipinski definition) is 5. The van der Waals surface area contributed by atoms with Gasteiger partial charge in [0.25, 0.3) is 0 Å². The molecule has 4 nitrogen and oxygen atoms in total. The average Bonchev–Trinajstić information content (AvgIpc) is 2.98. The van der Waals surface area contributed by atoms with Crippen LogP contribution in [-0.2, 0) is 6.54 Å². The molecule has 0 radical (unpaired) electrons. The number of rotatable bonds is 6. The van der Waals surface area contributed by atoms with Crippen LogP contribution in [0.4, 0.5) is 5.13 Å². The molecule has 0 amide bonds. The van der Waals surface area contributed by atoms with Gasteiger partial charge in [0.2, 0.25) is 0 Å². The topological polar surface area (TPSA) is 41.3 Å². The first-order chi connectivity index (χ1) is 9.10. The van der Waals surface area contributed by atoms with E-state index >= 15 is 0 Å². The lowest BCUT2D eigenvalue weighted by Gasteiger charge is -2.14. The molecule has 104 valence electrons. The molecule has 0 bridgehead atoms. The van der Waals surface area contributed by atoms with Crippen LogP contribution in [0.2, 0.25) is 0 Å². The second kappa shape index (κ2) is 6.21. The van der Waals surface area contributed by atoms with Crippen LogP contribution in [0.15, 0.2) is 22.7 Å². The number of aryl methyl sites for hydroxylation is 1. The Morgan fingerprint density at radius 3 is 2.89 bits per heavy atom. The van der Waals surface area contributed by atoms with Gasteiger partial charge in [0, 0.05) is 24.2 Å². The molecular weight excluding hydrogens is 258 g/mol. The molecular formula is C14H21N3OS. The molecule has 0 aliphatic carbocycles. The van der Waals surface area contributed by atoms with Crippen molar-refractivity contribution in [2.24, 2.45) is 0 Å².